The van der Waals surface area contributed by atoms with E-state index in [0.29, 0.717) is 12.0 Å². The molecule has 3 heterocycles. The van der Waals surface area contributed by atoms with Gasteiger partial charge in [0.25, 0.3) is 0 Å². The Balaban J connectivity index is 1.30. The molecule has 0 spiro atoms. The first kappa shape index (κ1) is 22.9. The second-order valence-electron chi connectivity index (χ2n) is 9.17. The van der Waals surface area contributed by atoms with Crippen LogP contribution in [-0.4, -0.2) is 52.1 Å². The molecular formula is C24H29FN6O2S. The van der Waals surface area contributed by atoms with Gasteiger partial charge in [-0.15, -0.1) is 10.2 Å². The van der Waals surface area contributed by atoms with Gasteiger partial charge in [-0.3, -0.25) is 0 Å². The molecule has 0 saturated carbocycles. The number of aromatic nitrogens is 4. The van der Waals surface area contributed by atoms with Crippen molar-refractivity contribution in [3.8, 4) is 0 Å². The lowest BCUT2D eigenvalue weighted by Gasteiger charge is -2.37. The van der Waals surface area contributed by atoms with E-state index in [9.17, 15) is 8.42 Å². The highest BCUT2D eigenvalue weighted by Crippen LogP contribution is 2.38. The van der Waals surface area contributed by atoms with E-state index in [1.54, 1.807) is 10.9 Å². The average molecular weight is 485 g/mol. The van der Waals surface area contributed by atoms with E-state index >= 15 is 4.39 Å². The molecule has 2 aromatic carbocycles. The first-order valence-corrected chi connectivity index (χ1v) is 13.3. The molecule has 3 aromatic rings. The Bertz CT molecular complexity index is 1210. The van der Waals surface area contributed by atoms with Gasteiger partial charge in [0.2, 0.25) is 10.0 Å². The third-order valence-corrected chi connectivity index (χ3v) is 9.45. The second kappa shape index (κ2) is 9.42. The van der Waals surface area contributed by atoms with Crippen molar-refractivity contribution in [3.05, 3.63) is 71.8 Å². The quantitative estimate of drug-likeness (QED) is 0.549. The zero-order valence-electron chi connectivity index (χ0n) is 19.2. The third-order valence-electron chi connectivity index (χ3n) is 7.08. The predicted molar refractivity (Wildman–Crippen MR) is 127 cm³/mol. The Hall–Kier alpha value is -2.85. The summed E-state index contributed by atoms with van der Waals surface area (Å²) in [5.41, 5.74) is 2.00. The van der Waals surface area contributed by atoms with Crippen molar-refractivity contribution in [2.24, 2.45) is 0 Å². The molecule has 0 N–H and O–H groups in total. The lowest BCUT2D eigenvalue weighted by atomic mass is 10.0. The van der Waals surface area contributed by atoms with Crippen LogP contribution in [0.2, 0.25) is 0 Å². The minimum atomic E-state index is -3.60. The van der Waals surface area contributed by atoms with E-state index in [1.807, 2.05) is 43.3 Å². The number of piperidine rings is 1. The number of tetrazole rings is 1. The van der Waals surface area contributed by atoms with Crippen LogP contribution in [0.25, 0.3) is 0 Å². The molecule has 2 fully saturated rings. The number of hydrogen-bond acceptors (Lipinski definition) is 6. The van der Waals surface area contributed by atoms with E-state index in [2.05, 4.69) is 20.3 Å². The molecule has 0 amide bonds. The van der Waals surface area contributed by atoms with Crippen LogP contribution >= 0.6 is 0 Å². The molecule has 34 heavy (non-hydrogen) atoms. The van der Waals surface area contributed by atoms with Gasteiger partial charge in [-0.1, -0.05) is 36.4 Å². The van der Waals surface area contributed by atoms with Gasteiger partial charge in [-0.25, -0.2) is 12.8 Å². The lowest BCUT2D eigenvalue weighted by molar-refractivity contribution is 0.279. The Morgan fingerprint density at radius 3 is 2.47 bits per heavy atom. The smallest absolute Gasteiger partial charge is 0.221 e. The maximum Gasteiger partial charge on any atom is 0.221 e. The number of benzene rings is 2. The van der Waals surface area contributed by atoms with Crippen molar-refractivity contribution in [2.75, 3.05) is 18.0 Å². The summed E-state index contributed by atoms with van der Waals surface area (Å²) in [5, 5.41) is 11.3. The molecular weight excluding hydrogens is 455 g/mol. The first-order valence-electron chi connectivity index (χ1n) is 11.7. The minimum Gasteiger partial charge on any atom is -0.371 e. The molecule has 2 unspecified atom stereocenters. The Labute approximate surface area is 199 Å². The van der Waals surface area contributed by atoms with Gasteiger partial charge >= 0.3 is 0 Å². The van der Waals surface area contributed by atoms with Crippen LogP contribution in [0.3, 0.4) is 0 Å². The van der Waals surface area contributed by atoms with E-state index in [-0.39, 0.29) is 24.4 Å². The van der Waals surface area contributed by atoms with Crippen molar-refractivity contribution < 1.29 is 12.8 Å². The highest BCUT2D eigenvalue weighted by atomic mass is 32.2. The normalized spacial score (nSPS) is 23.8. The molecule has 10 heteroatoms. The molecule has 2 aliphatic rings. The number of nitrogens with zero attached hydrogens (tertiary/aromatic N) is 6. The zero-order chi connectivity index (χ0) is 23.7. The van der Waals surface area contributed by atoms with E-state index < -0.39 is 15.3 Å². The maximum atomic E-state index is 15.2. The van der Waals surface area contributed by atoms with Crippen molar-refractivity contribution in [1.29, 1.82) is 0 Å². The summed E-state index contributed by atoms with van der Waals surface area (Å²) in [4.78, 5) is 3.79. The van der Waals surface area contributed by atoms with Crippen LogP contribution in [-0.2, 0) is 16.6 Å². The molecule has 8 nitrogen and oxygen atoms in total. The highest BCUT2D eigenvalue weighted by molar-refractivity contribution is 7.89. The average Bonchev–Trinajstić information content (AvgIpc) is 3.38. The van der Waals surface area contributed by atoms with E-state index in [0.717, 1.165) is 43.6 Å². The summed E-state index contributed by atoms with van der Waals surface area (Å²) >= 11 is 0. The van der Waals surface area contributed by atoms with Crippen LogP contribution < -0.4 is 4.90 Å². The largest absolute Gasteiger partial charge is 0.371 e. The summed E-state index contributed by atoms with van der Waals surface area (Å²) in [5.74, 6) is -0.373. The first-order chi connectivity index (χ1) is 16.4. The number of rotatable bonds is 5. The monoisotopic (exact) mass is 484 g/mol. The van der Waals surface area contributed by atoms with Gasteiger partial charge in [0, 0.05) is 36.9 Å². The Morgan fingerprint density at radius 1 is 1.03 bits per heavy atom. The highest BCUT2D eigenvalue weighted by Gasteiger charge is 2.40. The van der Waals surface area contributed by atoms with Crippen molar-refractivity contribution in [1.82, 2.24) is 24.5 Å². The van der Waals surface area contributed by atoms with Crippen molar-refractivity contribution >= 4 is 15.7 Å². The van der Waals surface area contributed by atoms with Crippen LogP contribution in [0.1, 0.15) is 55.0 Å². The van der Waals surface area contributed by atoms with Gasteiger partial charge in [0.15, 0.2) is 6.33 Å². The predicted octanol–water partition coefficient (Wildman–Crippen LogP) is 3.71. The van der Waals surface area contributed by atoms with E-state index in [4.69, 9.17) is 0 Å². The molecule has 0 radical (unpaired) electrons. The van der Waals surface area contributed by atoms with Gasteiger partial charge in [0.05, 0.1) is 6.04 Å². The summed E-state index contributed by atoms with van der Waals surface area (Å²) in [6.07, 6.45) is 4.46. The molecule has 0 bridgehead atoms. The molecule has 5 rings (SSSR count). The van der Waals surface area contributed by atoms with Crippen LogP contribution in [0.4, 0.5) is 10.1 Å². The van der Waals surface area contributed by atoms with Crippen LogP contribution in [0, 0.1) is 5.82 Å². The van der Waals surface area contributed by atoms with Gasteiger partial charge < -0.3 is 4.90 Å². The van der Waals surface area contributed by atoms with E-state index in [1.165, 1.54) is 16.7 Å². The molecule has 180 valence electrons. The molecule has 2 aliphatic heterocycles. The Morgan fingerprint density at radius 2 is 1.79 bits per heavy atom. The standard InChI is InChI=1S/C24H29FN6O2S/c1-18-7-10-24(19-5-3-2-4-6-19)34(32,33)30(18)16-20-8-9-22(15-23(20)25)29-13-11-21(12-14-29)31-27-17-26-28-31/h2-6,8-9,15,17-18,21,24H,7,10-14,16H2,1H3. The molecule has 2 saturated heterocycles. The lowest BCUT2D eigenvalue weighted by Crippen LogP contribution is -2.44. The SMILES string of the molecule is CC1CCC(c2ccccc2)S(=O)(=O)N1Cc1ccc(N2CCC(n3ncnn3)CC2)cc1F. The zero-order valence-corrected chi connectivity index (χ0v) is 20.0. The number of sulfonamides is 1. The molecule has 2 atom stereocenters. The summed E-state index contributed by atoms with van der Waals surface area (Å²) in [7, 11) is -3.60. The molecule has 1 aromatic heterocycles. The fourth-order valence-corrected chi connectivity index (χ4v) is 7.27. The van der Waals surface area contributed by atoms with Gasteiger partial charge in [-0.05, 0) is 55.5 Å². The maximum absolute atomic E-state index is 15.2. The van der Waals surface area contributed by atoms with Gasteiger partial charge in [0.1, 0.15) is 11.1 Å². The molecule has 0 aliphatic carbocycles. The van der Waals surface area contributed by atoms with Crippen molar-refractivity contribution in [2.45, 2.75) is 56.5 Å². The number of halogens is 1. The fraction of sp³-hybridized carbons (Fsp3) is 0.458. The minimum absolute atomic E-state index is 0.0407. The number of anilines is 1. The fourth-order valence-electron chi connectivity index (χ4n) is 5.08. The summed E-state index contributed by atoms with van der Waals surface area (Å²) in [6.45, 7) is 3.47. The van der Waals surface area contributed by atoms with Crippen LogP contribution in [0.5, 0.6) is 0 Å². The van der Waals surface area contributed by atoms with Crippen molar-refractivity contribution in [3.63, 3.8) is 0 Å². The summed E-state index contributed by atoms with van der Waals surface area (Å²) < 4.78 is 43.6. The van der Waals surface area contributed by atoms with Gasteiger partial charge in [-0.2, -0.15) is 9.10 Å². The Kier molecular flexibility index (Phi) is 6.35. The number of hydrogen-bond donors (Lipinski definition) is 0. The summed E-state index contributed by atoms with van der Waals surface area (Å²) in [6, 6.07) is 14.5. The third kappa shape index (κ3) is 4.44. The van der Waals surface area contributed by atoms with Crippen LogP contribution in [0.15, 0.2) is 54.9 Å². The topological polar surface area (TPSA) is 84.2 Å². The second-order valence-corrected chi connectivity index (χ2v) is 11.2.